The summed E-state index contributed by atoms with van der Waals surface area (Å²) in [6.07, 6.45) is -2.78. The van der Waals surface area contributed by atoms with Gasteiger partial charge in [0.1, 0.15) is 26.1 Å². The fourth-order valence-corrected chi connectivity index (χ4v) is 4.52. The van der Waals surface area contributed by atoms with Crippen molar-refractivity contribution in [1.82, 2.24) is 4.31 Å². The van der Waals surface area contributed by atoms with E-state index in [2.05, 4.69) is 16.2 Å². The zero-order valence-electron chi connectivity index (χ0n) is 14.0. The van der Waals surface area contributed by atoms with Crippen LogP contribution in [0.2, 0.25) is 0 Å². The van der Waals surface area contributed by atoms with Crippen LogP contribution in [-0.2, 0) is 20.0 Å². The Kier molecular flexibility index (Phi) is 5.55. The maximum absolute atomic E-state index is 14.4. The fraction of sp³-hybridized carbons (Fsp3) is 0.333. The van der Waals surface area contributed by atoms with E-state index in [1.54, 1.807) is 0 Å². The van der Waals surface area contributed by atoms with Crippen molar-refractivity contribution in [2.45, 2.75) is 18.9 Å². The van der Waals surface area contributed by atoms with Crippen LogP contribution in [-0.4, -0.2) is 49.8 Å². The predicted molar refractivity (Wildman–Crippen MR) is 101 cm³/mol. The van der Waals surface area contributed by atoms with Gasteiger partial charge in [0, 0.05) is 18.3 Å². The average molecular weight is 406 g/mol. The number of alkyl halides is 2. The quantitative estimate of drug-likeness (QED) is 0.746. The van der Waals surface area contributed by atoms with Crippen LogP contribution in [0.3, 0.4) is 0 Å². The number of aliphatic imine (C=N–C) groups is 1. The van der Waals surface area contributed by atoms with Crippen molar-refractivity contribution in [3.63, 3.8) is 0 Å². The molecule has 0 aliphatic carbocycles. The van der Waals surface area contributed by atoms with Crippen LogP contribution >= 0.6 is 10.9 Å². The number of anilines is 1. The van der Waals surface area contributed by atoms with Crippen LogP contribution in [0.15, 0.2) is 23.2 Å². The van der Waals surface area contributed by atoms with Gasteiger partial charge in [-0.3, -0.25) is 4.31 Å². The molecular formula is C15H17F3N4O2S2. The molecule has 1 aliphatic rings. The number of rotatable bonds is 3. The normalized spacial score (nSPS) is 25.5. The first-order chi connectivity index (χ1) is 12.1. The number of benzene rings is 1. The molecule has 1 aliphatic heterocycles. The van der Waals surface area contributed by atoms with E-state index in [0.717, 1.165) is 10.4 Å². The lowest BCUT2D eigenvalue weighted by Crippen LogP contribution is -2.50. The van der Waals surface area contributed by atoms with Crippen LogP contribution in [0.25, 0.3) is 0 Å². The van der Waals surface area contributed by atoms with Gasteiger partial charge in [0.2, 0.25) is 11.2 Å². The molecule has 2 atom stereocenters. The highest BCUT2D eigenvalue weighted by Crippen LogP contribution is 2.35. The molecule has 0 radical (unpaired) electrons. The van der Waals surface area contributed by atoms with E-state index in [0.29, 0.717) is 10.9 Å². The van der Waals surface area contributed by atoms with Gasteiger partial charge >= 0.3 is 0 Å². The molecule has 1 heterocycles. The minimum Gasteiger partial charge on any atom is -0.369 e. The van der Waals surface area contributed by atoms with Crippen molar-refractivity contribution in [3.8, 4) is 0 Å². The Balaban J connectivity index is 2.58. The monoisotopic (exact) mass is 406 g/mol. The van der Waals surface area contributed by atoms with Crippen molar-refractivity contribution in [2.24, 2.45) is 10.7 Å². The summed E-state index contributed by atoms with van der Waals surface area (Å²) in [5.41, 5.74) is 4.43. The van der Waals surface area contributed by atoms with E-state index in [-0.39, 0.29) is 23.0 Å². The van der Waals surface area contributed by atoms with Crippen molar-refractivity contribution >= 4 is 48.4 Å². The predicted octanol–water partition coefficient (Wildman–Crippen LogP) is 1.54. The van der Waals surface area contributed by atoms with Crippen LogP contribution in [0, 0.1) is 5.82 Å². The highest BCUT2D eigenvalue weighted by molar-refractivity contribution is 7.99. The summed E-state index contributed by atoms with van der Waals surface area (Å²) < 4.78 is 53.9. The first-order valence-electron chi connectivity index (χ1n) is 7.20. The molecule has 26 heavy (non-hydrogen) atoms. The van der Waals surface area contributed by atoms with Crippen LogP contribution < -0.4 is 11.1 Å². The van der Waals surface area contributed by atoms with E-state index in [4.69, 9.17) is 5.73 Å². The number of guanidine groups is 1. The standard InChI is InChI=1S/C15H17F3N4O2S2/c1-15(7-26(24,8-23)22(2)14(19)21-15)10-6-9(4-5-11(10)16)20-13(25-3)12(17)18/h4-6,12,20H,3,7H2,1-2H3,(H2,19,21)/t15-,26?/m0/s1. The van der Waals surface area contributed by atoms with E-state index in [1.807, 2.05) is 0 Å². The first kappa shape index (κ1) is 20.1. The van der Waals surface area contributed by atoms with Gasteiger partial charge in [-0.05, 0) is 31.0 Å². The highest BCUT2D eigenvalue weighted by Gasteiger charge is 2.40. The first-order valence-corrected chi connectivity index (χ1v) is 9.87. The molecule has 0 aromatic heterocycles. The Labute approximate surface area is 152 Å². The zero-order chi connectivity index (χ0) is 19.7. The molecule has 6 nitrogen and oxygen atoms in total. The van der Waals surface area contributed by atoms with E-state index in [9.17, 15) is 22.2 Å². The molecule has 0 saturated heterocycles. The van der Waals surface area contributed by atoms with Crippen LogP contribution in [0.1, 0.15) is 12.5 Å². The Morgan fingerprint density at radius 2 is 2.23 bits per heavy atom. The van der Waals surface area contributed by atoms with E-state index in [1.165, 1.54) is 31.3 Å². The summed E-state index contributed by atoms with van der Waals surface area (Å²) in [7, 11) is -1.43. The second kappa shape index (κ2) is 7.18. The SMILES string of the molecule is C=S=C(Nc1ccc(F)c([C@]2(C)CS(=O)(=C=O)N(C)C(N)=N2)c1)C(F)F. The van der Waals surface area contributed by atoms with Gasteiger partial charge < -0.3 is 11.1 Å². The molecule has 11 heteroatoms. The van der Waals surface area contributed by atoms with Crippen molar-refractivity contribution in [3.05, 3.63) is 29.6 Å². The highest BCUT2D eigenvalue weighted by atomic mass is 32.2. The van der Waals surface area contributed by atoms with E-state index >= 15 is 0 Å². The summed E-state index contributed by atoms with van der Waals surface area (Å²) in [5.74, 6) is 2.07. The third-order valence-electron chi connectivity index (χ3n) is 3.90. The molecule has 3 N–H and O–H groups in total. The Bertz CT molecular complexity index is 962. The van der Waals surface area contributed by atoms with Crippen LogP contribution in [0.5, 0.6) is 0 Å². The topological polar surface area (TPSA) is 87.8 Å². The maximum Gasteiger partial charge on any atom is 0.287 e. The van der Waals surface area contributed by atoms with Gasteiger partial charge in [-0.15, -0.1) is 10.9 Å². The molecular weight excluding hydrogens is 389 g/mol. The Morgan fingerprint density at radius 3 is 2.77 bits per heavy atom. The molecule has 0 saturated carbocycles. The lowest BCUT2D eigenvalue weighted by Gasteiger charge is -2.36. The fourth-order valence-electron chi connectivity index (χ4n) is 2.52. The number of hydrogen-bond donors (Lipinski definition) is 2. The van der Waals surface area contributed by atoms with Crippen molar-refractivity contribution in [1.29, 1.82) is 0 Å². The zero-order valence-corrected chi connectivity index (χ0v) is 15.6. The summed E-state index contributed by atoms with van der Waals surface area (Å²) in [5, 5.41) is 3.93. The van der Waals surface area contributed by atoms with Gasteiger partial charge in [0.15, 0.2) is 0 Å². The lowest BCUT2D eigenvalue weighted by molar-refractivity contribution is 0.228. The Morgan fingerprint density at radius 1 is 1.58 bits per heavy atom. The largest absolute Gasteiger partial charge is 0.369 e. The third kappa shape index (κ3) is 3.64. The van der Waals surface area contributed by atoms with Gasteiger partial charge in [0.05, 0.1) is 5.75 Å². The van der Waals surface area contributed by atoms with Gasteiger partial charge in [-0.2, -0.15) is 0 Å². The molecule has 0 bridgehead atoms. The summed E-state index contributed by atoms with van der Waals surface area (Å²) in [6.45, 7) is 1.46. The second-order valence-electron chi connectivity index (χ2n) is 5.74. The molecule has 0 spiro atoms. The smallest absolute Gasteiger partial charge is 0.287 e. The van der Waals surface area contributed by atoms with Gasteiger partial charge in [-0.1, -0.05) is 0 Å². The molecule has 1 aromatic rings. The number of halogens is 3. The van der Waals surface area contributed by atoms with Crippen molar-refractivity contribution in [2.75, 3.05) is 18.1 Å². The minimum absolute atomic E-state index is 0.0378. The maximum atomic E-state index is 14.4. The number of hydrogen-bond acceptors (Lipinski definition) is 4. The minimum atomic E-state index is -3.34. The van der Waals surface area contributed by atoms with Crippen molar-refractivity contribution < 1.29 is 22.2 Å². The van der Waals surface area contributed by atoms with Gasteiger partial charge in [-0.25, -0.2) is 27.2 Å². The number of nitrogens with zero attached hydrogens (tertiary/aromatic N) is 2. The van der Waals surface area contributed by atoms with Crippen LogP contribution in [0.4, 0.5) is 18.9 Å². The Hall–Kier alpha value is -2.23. The second-order valence-corrected chi connectivity index (χ2v) is 8.75. The third-order valence-corrected chi connectivity index (χ3v) is 6.78. The number of nitrogens with two attached hydrogens (primary N) is 1. The average Bonchev–Trinajstić information content (AvgIpc) is 2.58. The molecule has 1 unspecified atom stereocenters. The summed E-state index contributed by atoms with van der Waals surface area (Å²) in [4.78, 5) is 15.0. The molecule has 2 rings (SSSR count). The number of carbonyl (C=O) groups excluding carboxylic acids is 1. The molecule has 1 aromatic carbocycles. The van der Waals surface area contributed by atoms with Gasteiger partial charge in [0.25, 0.3) is 6.43 Å². The molecule has 0 amide bonds. The number of nitrogens with one attached hydrogen (secondary N) is 1. The van der Waals surface area contributed by atoms with E-state index < -0.39 is 32.5 Å². The summed E-state index contributed by atoms with van der Waals surface area (Å²) in [6, 6.07) is 3.60. The molecule has 0 fully saturated rings. The molecule has 142 valence electrons. The lowest BCUT2D eigenvalue weighted by atomic mass is 9.93. The summed E-state index contributed by atoms with van der Waals surface area (Å²) >= 11 is 0.